The van der Waals surface area contributed by atoms with Gasteiger partial charge < -0.3 is 19.9 Å². The second-order valence-electron chi connectivity index (χ2n) is 4.53. The van der Waals surface area contributed by atoms with E-state index in [2.05, 4.69) is 5.32 Å². The summed E-state index contributed by atoms with van der Waals surface area (Å²) in [5, 5.41) is 11.6. The number of nitrogens with one attached hydrogen (secondary N) is 1. The van der Waals surface area contributed by atoms with Crippen molar-refractivity contribution in [2.75, 3.05) is 32.9 Å². The Hall–Kier alpha value is -1.43. The lowest BCUT2D eigenvalue weighted by Gasteiger charge is -2.12. The molecule has 0 bridgehead atoms. The Morgan fingerprint density at radius 2 is 2.05 bits per heavy atom. The summed E-state index contributed by atoms with van der Waals surface area (Å²) in [6.07, 6.45) is 0. The van der Waals surface area contributed by atoms with E-state index in [9.17, 15) is 4.79 Å². The van der Waals surface area contributed by atoms with E-state index >= 15 is 0 Å². The molecule has 0 aromatic heterocycles. The summed E-state index contributed by atoms with van der Waals surface area (Å²) in [5.41, 5.74) is 0.985. The molecule has 5 nitrogen and oxygen atoms in total. The predicted octanol–water partition coefficient (Wildman–Crippen LogP) is 0.964. The number of carbonyl (C=O) groups excluding carboxylic acids is 1. The zero-order valence-electron chi connectivity index (χ0n) is 11.9. The Balaban J connectivity index is 2.10. The topological polar surface area (TPSA) is 67.8 Å². The lowest BCUT2D eigenvalue weighted by atomic mass is 10.2. The Labute approximate surface area is 119 Å². The van der Waals surface area contributed by atoms with Gasteiger partial charge in [0.05, 0.1) is 25.7 Å². The van der Waals surface area contributed by atoms with Crippen LogP contribution in [0.4, 0.5) is 0 Å². The number of esters is 1. The fourth-order valence-electron chi connectivity index (χ4n) is 1.58. The third kappa shape index (κ3) is 7.23. The molecule has 0 amide bonds. The molecule has 0 spiro atoms. The van der Waals surface area contributed by atoms with Gasteiger partial charge >= 0.3 is 5.97 Å². The van der Waals surface area contributed by atoms with Crippen molar-refractivity contribution >= 4 is 5.97 Å². The zero-order valence-corrected chi connectivity index (χ0v) is 11.9. The Kier molecular flexibility index (Phi) is 8.62. The first-order valence-electron chi connectivity index (χ1n) is 6.84. The molecule has 1 rings (SSSR count). The summed E-state index contributed by atoms with van der Waals surface area (Å²) in [6.45, 7) is 4.23. The number of aliphatic hydroxyl groups is 1. The van der Waals surface area contributed by atoms with Crippen molar-refractivity contribution in [3.8, 4) is 0 Å². The van der Waals surface area contributed by atoms with Crippen LogP contribution >= 0.6 is 0 Å². The third-order valence-electron chi connectivity index (χ3n) is 2.74. The predicted molar refractivity (Wildman–Crippen MR) is 76.2 cm³/mol. The van der Waals surface area contributed by atoms with Crippen molar-refractivity contribution in [1.29, 1.82) is 0 Å². The molecule has 112 valence electrons. The van der Waals surface area contributed by atoms with Crippen LogP contribution in [0.2, 0.25) is 0 Å². The summed E-state index contributed by atoms with van der Waals surface area (Å²) >= 11 is 0. The van der Waals surface area contributed by atoms with Gasteiger partial charge in [0, 0.05) is 13.1 Å². The lowest BCUT2D eigenvalue weighted by molar-refractivity contribution is -0.149. The van der Waals surface area contributed by atoms with Gasteiger partial charge in [0.2, 0.25) is 0 Å². The summed E-state index contributed by atoms with van der Waals surface area (Å²) in [6, 6.07) is 9.61. The molecule has 20 heavy (non-hydrogen) atoms. The highest BCUT2D eigenvalue weighted by Gasteiger charge is 2.13. The molecule has 5 heteroatoms. The van der Waals surface area contributed by atoms with E-state index < -0.39 is 0 Å². The Morgan fingerprint density at radius 3 is 2.75 bits per heavy atom. The highest BCUT2D eigenvalue weighted by Crippen LogP contribution is 2.04. The van der Waals surface area contributed by atoms with Crippen LogP contribution in [0.15, 0.2) is 30.3 Å². The maximum atomic E-state index is 11.8. The molecule has 0 fully saturated rings. The van der Waals surface area contributed by atoms with Crippen LogP contribution in [0, 0.1) is 5.92 Å². The van der Waals surface area contributed by atoms with E-state index in [4.69, 9.17) is 14.6 Å². The number of ether oxygens (including phenoxy) is 2. The zero-order chi connectivity index (χ0) is 14.6. The largest absolute Gasteiger partial charge is 0.461 e. The van der Waals surface area contributed by atoms with Crippen molar-refractivity contribution in [2.45, 2.75) is 13.5 Å². The number of hydrogen-bond acceptors (Lipinski definition) is 5. The average molecular weight is 281 g/mol. The van der Waals surface area contributed by atoms with Crippen LogP contribution in [0.5, 0.6) is 0 Å². The molecule has 1 atom stereocenters. The first kappa shape index (κ1) is 16.6. The standard InChI is InChI=1S/C15H23NO4/c1-13(11-16-7-9-19-10-8-17)15(18)20-12-14-5-3-2-4-6-14/h2-6,13,16-17H,7-12H2,1H3. The van der Waals surface area contributed by atoms with Gasteiger partial charge in [-0.25, -0.2) is 0 Å². The van der Waals surface area contributed by atoms with Gasteiger partial charge in [-0.1, -0.05) is 37.3 Å². The average Bonchev–Trinajstić information content (AvgIpc) is 2.49. The molecule has 0 aliphatic rings. The number of rotatable bonds is 10. The van der Waals surface area contributed by atoms with Crippen LogP contribution in [0.1, 0.15) is 12.5 Å². The lowest BCUT2D eigenvalue weighted by Crippen LogP contribution is -2.30. The minimum atomic E-state index is -0.211. The van der Waals surface area contributed by atoms with Crippen molar-refractivity contribution in [3.05, 3.63) is 35.9 Å². The van der Waals surface area contributed by atoms with Crippen molar-refractivity contribution in [1.82, 2.24) is 5.32 Å². The van der Waals surface area contributed by atoms with Crippen molar-refractivity contribution in [2.24, 2.45) is 5.92 Å². The smallest absolute Gasteiger partial charge is 0.310 e. The molecule has 0 aliphatic heterocycles. The number of carbonyl (C=O) groups is 1. The van der Waals surface area contributed by atoms with Gasteiger partial charge in [-0.2, -0.15) is 0 Å². The molecule has 1 aromatic carbocycles. The van der Waals surface area contributed by atoms with Gasteiger partial charge in [-0.05, 0) is 5.56 Å². The third-order valence-corrected chi connectivity index (χ3v) is 2.74. The van der Waals surface area contributed by atoms with Crippen LogP contribution < -0.4 is 5.32 Å². The maximum absolute atomic E-state index is 11.8. The second kappa shape index (κ2) is 10.4. The van der Waals surface area contributed by atoms with E-state index in [1.165, 1.54) is 0 Å². The number of aliphatic hydroxyl groups excluding tert-OH is 1. The molecule has 2 N–H and O–H groups in total. The molecule has 1 aromatic rings. The molecule has 0 aliphatic carbocycles. The molecule has 0 saturated heterocycles. The number of benzene rings is 1. The van der Waals surface area contributed by atoms with Crippen LogP contribution in [-0.4, -0.2) is 44.0 Å². The molecule has 0 radical (unpaired) electrons. The summed E-state index contributed by atoms with van der Waals surface area (Å²) < 4.78 is 10.3. The quantitative estimate of drug-likeness (QED) is 0.494. The molecule has 0 saturated carbocycles. The van der Waals surface area contributed by atoms with Crippen molar-refractivity contribution in [3.63, 3.8) is 0 Å². The minimum absolute atomic E-state index is 0.0300. The summed E-state index contributed by atoms with van der Waals surface area (Å²) in [4.78, 5) is 11.8. The van der Waals surface area contributed by atoms with Crippen LogP contribution in [0.25, 0.3) is 0 Å². The normalized spacial score (nSPS) is 12.1. The summed E-state index contributed by atoms with van der Waals surface area (Å²) in [7, 11) is 0. The second-order valence-corrected chi connectivity index (χ2v) is 4.53. The van der Waals surface area contributed by atoms with Gasteiger partial charge in [0.25, 0.3) is 0 Å². The van der Waals surface area contributed by atoms with E-state index in [0.717, 1.165) is 5.56 Å². The monoisotopic (exact) mass is 281 g/mol. The van der Waals surface area contributed by atoms with Crippen molar-refractivity contribution < 1.29 is 19.4 Å². The molecule has 0 heterocycles. The highest BCUT2D eigenvalue weighted by molar-refractivity contribution is 5.72. The molecular weight excluding hydrogens is 258 g/mol. The molecule has 1 unspecified atom stereocenters. The van der Waals surface area contributed by atoms with Gasteiger partial charge in [-0.15, -0.1) is 0 Å². The van der Waals surface area contributed by atoms with Gasteiger partial charge in [0.1, 0.15) is 6.61 Å². The SMILES string of the molecule is CC(CNCCOCCO)C(=O)OCc1ccccc1. The fourth-order valence-corrected chi connectivity index (χ4v) is 1.58. The first-order chi connectivity index (χ1) is 9.74. The first-order valence-corrected chi connectivity index (χ1v) is 6.84. The van der Waals surface area contributed by atoms with E-state index in [1.54, 1.807) is 0 Å². The van der Waals surface area contributed by atoms with E-state index in [0.29, 0.717) is 32.9 Å². The molecular formula is C15H23NO4. The highest BCUT2D eigenvalue weighted by atomic mass is 16.5. The Morgan fingerprint density at radius 1 is 1.30 bits per heavy atom. The van der Waals surface area contributed by atoms with Crippen LogP contribution in [-0.2, 0) is 20.9 Å². The minimum Gasteiger partial charge on any atom is -0.461 e. The van der Waals surface area contributed by atoms with Gasteiger partial charge in [0.15, 0.2) is 0 Å². The van der Waals surface area contributed by atoms with Gasteiger partial charge in [-0.3, -0.25) is 4.79 Å². The number of hydrogen-bond donors (Lipinski definition) is 2. The van der Waals surface area contributed by atoms with E-state index in [1.807, 2.05) is 37.3 Å². The summed E-state index contributed by atoms with van der Waals surface area (Å²) in [5.74, 6) is -0.408. The maximum Gasteiger partial charge on any atom is 0.310 e. The van der Waals surface area contributed by atoms with Crippen LogP contribution in [0.3, 0.4) is 0 Å². The van der Waals surface area contributed by atoms with E-state index in [-0.39, 0.29) is 18.5 Å². The Bertz CT molecular complexity index is 369. The fraction of sp³-hybridized carbons (Fsp3) is 0.533.